The molecule has 0 saturated heterocycles. The molecule has 1 rings (SSSR count). The summed E-state index contributed by atoms with van der Waals surface area (Å²) in [6.45, 7) is 2.13. The van der Waals surface area contributed by atoms with E-state index in [-0.39, 0.29) is 27.4 Å². The van der Waals surface area contributed by atoms with Crippen molar-refractivity contribution in [1.82, 2.24) is 0 Å². The number of amides is 1. The Bertz CT molecular complexity index is 471. The monoisotopic (exact) mass is 297 g/mol. The zero-order valence-corrected chi connectivity index (χ0v) is 11.1. The number of carbonyl (C=O) groups excluding carboxylic acids is 1. The minimum Gasteiger partial charge on any atom is -0.486 e. The Labute approximate surface area is 111 Å². The molecule has 0 radical (unpaired) electrons. The lowest BCUT2D eigenvalue weighted by Crippen LogP contribution is -2.21. The van der Waals surface area contributed by atoms with E-state index in [0.717, 1.165) is 11.3 Å². The molecule has 5 nitrogen and oxygen atoms in total. The van der Waals surface area contributed by atoms with Gasteiger partial charge in [-0.3, -0.25) is 4.79 Å². The van der Waals surface area contributed by atoms with Gasteiger partial charge in [0.15, 0.2) is 5.75 Å². The van der Waals surface area contributed by atoms with Crippen LogP contribution in [0.15, 0.2) is 0 Å². The summed E-state index contributed by atoms with van der Waals surface area (Å²) in [6, 6.07) is 0. The molecule has 0 aromatic carbocycles. The van der Waals surface area contributed by atoms with Gasteiger partial charge in [-0.25, -0.2) is 0 Å². The second-order valence-electron chi connectivity index (χ2n) is 4.00. The topological polar surface area (TPSA) is 90.4 Å². The summed E-state index contributed by atoms with van der Waals surface area (Å²) in [6.07, 6.45) is -4.69. The number of hydrogen-bond donors (Lipinski definition) is 3. The number of primary amides is 1. The van der Waals surface area contributed by atoms with Gasteiger partial charge in [0, 0.05) is 0 Å². The van der Waals surface area contributed by atoms with Gasteiger partial charge < -0.3 is 21.5 Å². The minimum atomic E-state index is -4.39. The lowest BCUT2D eigenvalue weighted by Gasteiger charge is -2.13. The van der Waals surface area contributed by atoms with Gasteiger partial charge in [0.2, 0.25) is 0 Å². The zero-order chi connectivity index (χ0) is 14.8. The summed E-state index contributed by atoms with van der Waals surface area (Å²) in [5.41, 5.74) is 10.7. The fraction of sp³-hybridized carbons (Fsp3) is 0.500. The molecule has 0 aliphatic rings. The molecule has 0 aliphatic carbocycles. The third kappa shape index (κ3) is 4.19. The first kappa shape index (κ1) is 15.4. The van der Waals surface area contributed by atoms with Gasteiger partial charge in [-0.2, -0.15) is 13.2 Å². The van der Waals surface area contributed by atoms with Crippen molar-refractivity contribution in [2.45, 2.75) is 26.1 Å². The summed E-state index contributed by atoms with van der Waals surface area (Å²) >= 11 is 0.741. The van der Waals surface area contributed by atoms with Crippen molar-refractivity contribution < 1.29 is 22.7 Å². The predicted octanol–water partition coefficient (Wildman–Crippen LogP) is 2.19. The maximum atomic E-state index is 12.2. The van der Waals surface area contributed by atoms with Crippen molar-refractivity contribution in [2.75, 3.05) is 17.6 Å². The number of nitrogen functional groups attached to an aromatic ring is 1. The van der Waals surface area contributed by atoms with Crippen LogP contribution in [0.4, 0.5) is 23.9 Å². The van der Waals surface area contributed by atoms with Crippen LogP contribution in [0.1, 0.15) is 23.5 Å². The molecule has 1 aromatic heterocycles. The Morgan fingerprint density at radius 2 is 2.05 bits per heavy atom. The third-order valence-electron chi connectivity index (χ3n) is 1.93. The van der Waals surface area contributed by atoms with Crippen molar-refractivity contribution in [3.63, 3.8) is 0 Å². The van der Waals surface area contributed by atoms with Crippen LogP contribution in [0.5, 0.6) is 5.75 Å². The average Bonchev–Trinajstić information content (AvgIpc) is 2.52. The highest BCUT2D eigenvalue weighted by atomic mass is 32.1. The molecule has 1 heterocycles. The summed E-state index contributed by atoms with van der Waals surface area (Å²) in [5.74, 6) is -0.783. The minimum absolute atomic E-state index is 0.0260. The number of anilines is 2. The first-order valence-electron chi connectivity index (χ1n) is 5.31. The summed E-state index contributed by atoms with van der Waals surface area (Å²) in [7, 11) is 0. The molecule has 0 saturated carbocycles. The molecule has 0 bridgehead atoms. The molecule has 0 aliphatic heterocycles. The molecule has 1 amide bonds. The number of rotatable bonds is 5. The zero-order valence-electron chi connectivity index (χ0n) is 10.3. The number of thiophene rings is 1. The van der Waals surface area contributed by atoms with E-state index in [1.807, 2.05) is 0 Å². The van der Waals surface area contributed by atoms with Crippen molar-refractivity contribution >= 4 is 27.9 Å². The number of halogens is 3. The van der Waals surface area contributed by atoms with Crippen molar-refractivity contribution in [3.8, 4) is 5.75 Å². The molecule has 108 valence electrons. The molecule has 19 heavy (non-hydrogen) atoms. The molecule has 9 heteroatoms. The van der Waals surface area contributed by atoms with Crippen molar-refractivity contribution in [3.05, 3.63) is 4.88 Å². The van der Waals surface area contributed by atoms with Crippen LogP contribution in [0, 0.1) is 0 Å². The molecule has 0 unspecified atom stereocenters. The van der Waals surface area contributed by atoms with E-state index < -0.39 is 18.6 Å². The fourth-order valence-electron chi connectivity index (χ4n) is 1.26. The van der Waals surface area contributed by atoms with Crippen LogP contribution < -0.4 is 21.5 Å². The Hall–Kier alpha value is -1.64. The van der Waals surface area contributed by atoms with Crippen molar-refractivity contribution in [2.24, 2.45) is 5.73 Å². The van der Waals surface area contributed by atoms with Crippen LogP contribution in [0.3, 0.4) is 0 Å². The normalized spacial score (nSPS) is 11.7. The lowest BCUT2D eigenvalue weighted by molar-refractivity contribution is -0.115. The number of nitrogens with one attached hydrogen (secondary N) is 1. The van der Waals surface area contributed by atoms with Crippen LogP contribution in [-0.2, 0) is 0 Å². The van der Waals surface area contributed by atoms with E-state index >= 15 is 0 Å². The molecule has 1 aromatic rings. The predicted molar refractivity (Wildman–Crippen MR) is 67.6 cm³/mol. The van der Waals surface area contributed by atoms with Gasteiger partial charge in [0.05, 0.1) is 6.10 Å². The molecular weight excluding hydrogens is 283 g/mol. The Kier molecular flexibility index (Phi) is 4.51. The number of alkyl halides is 3. The highest BCUT2D eigenvalue weighted by Crippen LogP contribution is 2.43. The van der Waals surface area contributed by atoms with Gasteiger partial charge in [-0.05, 0) is 13.8 Å². The molecule has 0 fully saturated rings. The number of nitrogens with two attached hydrogens (primary N) is 2. The van der Waals surface area contributed by atoms with E-state index in [1.54, 1.807) is 13.8 Å². The van der Waals surface area contributed by atoms with Crippen LogP contribution in [-0.4, -0.2) is 24.7 Å². The lowest BCUT2D eigenvalue weighted by atomic mass is 10.3. The van der Waals surface area contributed by atoms with Crippen molar-refractivity contribution in [1.29, 1.82) is 0 Å². The van der Waals surface area contributed by atoms with Crippen LogP contribution >= 0.6 is 11.3 Å². The van der Waals surface area contributed by atoms with Gasteiger partial charge in [-0.15, -0.1) is 11.3 Å². The largest absolute Gasteiger partial charge is 0.486 e. The van der Waals surface area contributed by atoms with E-state index in [9.17, 15) is 18.0 Å². The fourth-order valence-corrected chi connectivity index (χ4v) is 2.16. The van der Waals surface area contributed by atoms with Crippen LogP contribution in [0.25, 0.3) is 0 Å². The highest BCUT2D eigenvalue weighted by Gasteiger charge is 2.29. The quantitative estimate of drug-likeness (QED) is 0.777. The highest BCUT2D eigenvalue weighted by molar-refractivity contribution is 7.19. The average molecular weight is 297 g/mol. The first-order valence-corrected chi connectivity index (χ1v) is 6.12. The molecule has 0 atom stereocenters. The van der Waals surface area contributed by atoms with Gasteiger partial charge in [-0.1, -0.05) is 0 Å². The van der Waals surface area contributed by atoms with E-state index in [2.05, 4.69) is 5.32 Å². The number of ether oxygens (including phenoxy) is 1. The second-order valence-corrected chi connectivity index (χ2v) is 5.02. The summed E-state index contributed by atoms with van der Waals surface area (Å²) in [4.78, 5) is 11.1. The maximum Gasteiger partial charge on any atom is 0.405 e. The van der Waals surface area contributed by atoms with Crippen LogP contribution in [0.2, 0.25) is 0 Å². The standard InChI is InChI=1S/C10H14F3N3O2S/c1-4(2)18-6-5(14)7(8(15)17)19-9(6)16-3-10(11,12)13/h4,16H,3,14H2,1-2H3,(H2,15,17). The van der Waals surface area contributed by atoms with E-state index in [0.29, 0.717) is 0 Å². The van der Waals surface area contributed by atoms with E-state index in [1.165, 1.54) is 0 Å². The number of carbonyl (C=O) groups is 1. The molecule has 5 N–H and O–H groups in total. The van der Waals surface area contributed by atoms with E-state index in [4.69, 9.17) is 16.2 Å². The Morgan fingerprint density at radius 1 is 1.47 bits per heavy atom. The molecule has 0 spiro atoms. The summed E-state index contributed by atoms with van der Waals surface area (Å²) in [5, 5.41) is 2.19. The second kappa shape index (κ2) is 5.55. The third-order valence-corrected chi connectivity index (χ3v) is 3.09. The molecular formula is C10H14F3N3O2S. The SMILES string of the molecule is CC(C)Oc1c(NCC(F)(F)F)sc(C(N)=O)c1N. The summed E-state index contributed by atoms with van der Waals surface area (Å²) < 4.78 is 41.9. The van der Waals surface area contributed by atoms with Gasteiger partial charge >= 0.3 is 6.18 Å². The Morgan fingerprint density at radius 3 is 2.47 bits per heavy atom. The van der Waals surface area contributed by atoms with Gasteiger partial charge in [0.1, 0.15) is 22.1 Å². The maximum absolute atomic E-state index is 12.2. The Balaban J connectivity index is 3.06. The number of hydrogen-bond acceptors (Lipinski definition) is 5. The first-order chi connectivity index (χ1) is 8.61. The smallest absolute Gasteiger partial charge is 0.405 e. The van der Waals surface area contributed by atoms with Gasteiger partial charge in [0.25, 0.3) is 5.91 Å².